The van der Waals surface area contributed by atoms with Gasteiger partial charge in [0.15, 0.2) is 0 Å². The molecule has 0 amide bonds. The van der Waals surface area contributed by atoms with Gasteiger partial charge in [0.2, 0.25) is 0 Å². The van der Waals surface area contributed by atoms with Gasteiger partial charge in [0.05, 0.1) is 19.9 Å². The molecule has 0 saturated heterocycles. The maximum absolute atomic E-state index is 11.6. The van der Waals surface area contributed by atoms with Crippen molar-refractivity contribution in [1.29, 1.82) is 0 Å². The lowest BCUT2D eigenvalue weighted by molar-refractivity contribution is 0.0591. The van der Waals surface area contributed by atoms with E-state index in [1.807, 2.05) is 0 Å². The lowest BCUT2D eigenvalue weighted by Crippen LogP contribution is -2.09. The number of carbonyl (C=O) groups excluding carboxylic acids is 1. The summed E-state index contributed by atoms with van der Waals surface area (Å²) in [6, 6.07) is 8.63. The zero-order valence-electron chi connectivity index (χ0n) is 10.0. The smallest absolute Gasteiger partial charge is 0.355 e. The van der Waals surface area contributed by atoms with E-state index in [2.05, 4.69) is 0 Å². The highest BCUT2D eigenvalue weighted by atomic mass is 35.5. The molecule has 0 aliphatic heterocycles. The molecule has 0 aliphatic carbocycles. The average molecular weight is 266 g/mol. The van der Waals surface area contributed by atoms with E-state index in [0.717, 1.165) is 0 Å². The average Bonchev–Trinajstić information content (AvgIpc) is 2.86. The molecule has 4 nitrogen and oxygen atoms in total. The highest BCUT2D eigenvalue weighted by Crippen LogP contribution is 2.27. The predicted octanol–water partition coefficient (Wildman–Crippen LogP) is 2.93. The Bertz CT molecular complexity index is 577. The molecule has 5 heteroatoms. The zero-order valence-corrected chi connectivity index (χ0v) is 10.8. The van der Waals surface area contributed by atoms with Crippen molar-refractivity contribution in [2.45, 2.75) is 0 Å². The first-order valence-electron chi connectivity index (χ1n) is 5.27. The maximum atomic E-state index is 11.6. The van der Waals surface area contributed by atoms with Gasteiger partial charge in [0.1, 0.15) is 11.4 Å². The summed E-state index contributed by atoms with van der Waals surface area (Å²) in [6.45, 7) is 0. The van der Waals surface area contributed by atoms with Gasteiger partial charge in [-0.25, -0.2) is 4.79 Å². The summed E-state index contributed by atoms with van der Waals surface area (Å²) in [7, 11) is 2.91. The van der Waals surface area contributed by atoms with E-state index in [1.165, 1.54) is 7.11 Å². The second kappa shape index (κ2) is 5.14. The molecule has 0 N–H and O–H groups in total. The first kappa shape index (κ1) is 12.5. The van der Waals surface area contributed by atoms with Crippen molar-refractivity contribution in [3.05, 3.63) is 47.2 Å². The molecule has 0 unspecified atom stereocenters. The molecular formula is C13H12ClNO3. The maximum Gasteiger partial charge on any atom is 0.355 e. The minimum absolute atomic E-state index is 0.415. The Kier molecular flexibility index (Phi) is 3.58. The molecule has 1 aromatic carbocycles. The van der Waals surface area contributed by atoms with Crippen LogP contribution in [0.2, 0.25) is 5.02 Å². The van der Waals surface area contributed by atoms with E-state index in [-0.39, 0.29) is 0 Å². The molecule has 0 radical (unpaired) electrons. The Hall–Kier alpha value is -1.94. The molecule has 0 fully saturated rings. The molecule has 0 aliphatic rings. The minimum Gasteiger partial charge on any atom is -0.495 e. The van der Waals surface area contributed by atoms with Crippen LogP contribution in [0.15, 0.2) is 36.5 Å². The number of rotatable bonds is 3. The van der Waals surface area contributed by atoms with E-state index >= 15 is 0 Å². The van der Waals surface area contributed by atoms with Crippen LogP contribution in [0.25, 0.3) is 5.69 Å². The van der Waals surface area contributed by atoms with Crippen LogP contribution in [0.3, 0.4) is 0 Å². The molecule has 0 atom stereocenters. The van der Waals surface area contributed by atoms with Gasteiger partial charge in [-0.3, -0.25) is 0 Å². The number of carbonyl (C=O) groups is 1. The van der Waals surface area contributed by atoms with Gasteiger partial charge in [-0.15, -0.1) is 0 Å². The summed E-state index contributed by atoms with van der Waals surface area (Å²) in [4.78, 5) is 11.6. The summed E-state index contributed by atoms with van der Waals surface area (Å²) in [5, 5.41) is 0.565. The van der Waals surface area contributed by atoms with E-state index in [0.29, 0.717) is 22.2 Å². The predicted molar refractivity (Wildman–Crippen MR) is 68.7 cm³/mol. The standard InChI is InChI=1S/C13H12ClNO3/c1-17-12-6-5-9(14)8-11(12)15-7-3-4-10(15)13(16)18-2/h3-8H,1-2H3. The van der Waals surface area contributed by atoms with Gasteiger partial charge in [0, 0.05) is 11.2 Å². The van der Waals surface area contributed by atoms with E-state index < -0.39 is 5.97 Å². The molecular weight excluding hydrogens is 254 g/mol. The molecule has 94 valence electrons. The first-order valence-corrected chi connectivity index (χ1v) is 5.64. The zero-order chi connectivity index (χ0) is 13.1. The first-order chi connectivity index (χ1) is 8.67. The third kappa shape index (κ3) is 2.19. The summed E-state index contributed by atoms with van der Waals surface area (Å²) in [5.41, 5.74) is 1.11. The van der Waals surface area contributed by atoms with Crippen LogP contribution in [-0.2, 0) is 4.74 Å². The molecule has 18 heavy (non-hydrogen) atoms. The Balaban J connectivity index is 2.58. The third-order valence-corrected chi connectivity index (χ3v) is 2.78. The number of methoxy groups -OCH3 is 2. The molecule has 2 aromatic rings. The topological polar surface area (TPSA) is 40.5 Å². The van der Waals surface area contributed by atoms with Crippen LogP contribution in [0.4, 0.5) is 0 Å². The van der Waals surface area contributed by atoms with Gasteiger partial charge >= 0.3 is 5.97 Å². The van der Waals surface area contributed by atoms with E-state index in [9.17, 15) is 4.79 Å². The lowest BCUT2D eigenvalue weighted by atomic mass is 10.2. The Labute approximate surface area is 110 Å². The number of hydrogen-bond acceptors (Lipinski definition) is 3. The van der Waals surface area contributed by atoms with Crippen molar-refractivity contribution in [3.8, 4) is 11.4 Å². The normalized spacial score (nSPS) is 10.2. The fraction of sp³-hybridized carbons (Fsp3) is 0.154. The quantitative estimate of drug-likeness (QED) is 0.801. The lowest BCUT2D eigenvalue weighted by Gasteiger charge is -2.12. The van der Waals surface area contributed by atoms with Crippen LogP contribution >= 0.6 is 11.6 Å². The van der Waals surface area contributed by atoms with Crippen molar-refractivity contribution < 1.29 is 14.3 Å². The molecule has 0 spiro atoms. The van der Waals surface area contributed by atoms with Crippen molar-refractivity contribution >= 4 is 17.6 Å². The van der Waals surface area contributed by atoms with Crippen LogP contribution < -0.4 is 4.74 Å². The van der Waals surface area contributed by atoms with Crippen LogP contribution in [0, 0.1) is 0 Å². The van der Waals surface area contributed by atoms with Crippen LogP contribution in [0.5, 0.6) is 5.75 Å². The summed E-state index contributed by atoms with van der Waals surface area (Å²) in [5.74, 6) is 0.211. The second-order valence-corrected chi connectivity index (χ2v) is 4.01. The number of nitrogens with zero attached hydrogens (tertiary/aromatic N) is 1. The fourth-order valence-corrected chi connectivity index (χ4v) is 1.88. The van der Waals surface area contributed by atoms with Gasteiger partial charge in [0.25, 0.3) is 0 Å². The molecule has 1 aromatic heterocycles. The monoisotopic (exact) mass is 265 g/mol. The third-order valence-electron chi connectivity index (χ3n) is 2.54. The van der Waals surface area contributed by atoms with Crippen molar-refractivity contribution in [3.63, 3.8) is 0 Å². The van der Waals surface area contributed by atoms with Crippen molar-refractivity contribution in [2.24, 2.45) is 0 Å². The summed E-state index contributed by atoms with van der Waals surface area (Å²) in [6.07, 6.45) is 1.75. The fourth-order valence-electron chi connectivity index (χ4n) is 1.71. The summed E-state index contributed by atoms with van der Waals surface area (Å²) < 4.78 is 11.7. The number of halogens is 1. The molecule has 1 heterocycles. The van der Waals surface area contributed by atoms with Crippen molar-refractivity contribution in [1.82, 2.24) is 4.57 Å². The molecule has 0 bridgehead atoms. The minimum atomic E-state index is -0.415. The van der Waals surface area contributed by atoms with Gasteiger partial charge in [-0.2, -0.15) is 0 Å². The SMILES string of the molecule is COC(=O)c1cccn1-c1cc(Cl)ccc1OC. The van der Waals surface area contributed by atoms with Gasteiger partial charge in [-0.05, 0) is 30.3 Å². The largest absolute Gasteiger partial charge is 0.495 e. The van der Waals surface area contributed by atoms with Crippen LogP contribution in [-0.4, -0.2) is 24.8 Å². The highest BCUT2D eigenvalue weighted by Gasteiger charge is 2.15. The highest BCUT2D eigenvalue weighted by molar-refractivity contribution is 6.30. The number of benzene rings is 1. The van der Waals surface area contributed by atoms with Gasteiger partial charge < -0.3 is 14.0 Å². The Morgan fingerprint density at radius 3 is 2.72 bits per heavy atom. The molecule has 2 rings (SSSR count). The number of ether oxygens (including phenoxy) is 2. The van der Waals surface area contributed by atoms with E-state index in [1.54, 1.807) is 48.2 Å². The number of esters is 1. The van der Waals surface area contributed by atoms with Gasteiger partial charge in [-0.1, -0.05) is 11.6 Å². The Morgan fingerprint density at radius 1 is 1.28 bits per heavy atom. The van der Waals surface area contributed by atoms with Crippen LogP contribution in [0.1, 0.15) is 10.5 Å². The number of hydrogen-bond donors (Lipinski definition) is 0. The van der Waals surface area contributed by atoms with Crippen molar-refractivity contribution in [2.75, 3.05) is 14.2 Å². The summed E-state index contributed by atoms with van der Waals surface area (Å²) >= 11 is 5.97. The second-order valence-electron chi connectivity index (χ2n) is 3.57. The molecule has 0 saturated carbocycles. The van der Waals surface area contributed by atoms with E-state index in [4.69, 9.17) is 21.1 Å². The Morgan fingerprint density at radius 2 is 2.06 bits per heavy atom. The number of aromatic nitrogens is 1.